The van der Waals surface area contributed by atoms with Gasteiger partial charge in [-0.05, 0) is 0 Å². The zero-order valence-electron chi connectivity index (χ0n) is 8.82. The Bertz CT molecular complexity index is 316. The van der Waals surface area contributed by atoms with Gasteiger partial charge in [-0.3, -0.25) is 4.99 Å². The fraction of sp³-hybridized carbons (Fsp3) is 0.667. The number of rotatable bonds is 4. The number of aromatic nitrogens is 2. The van der Waals surface area contributed by atoms with Crippen LogP contribution >= 0.6 is 0 Å². The molecule has 0 aliphatic heterocycles. The first-order valence-electron chi connectivity index (χ1n) is 4.68. The van der Waals surface area contributed by atoms with Crippen molar-refractivity contribution in [2.24, 2.45) is 16.6 Å². The molecule has 0 radical (unpaired) electrons. The summed E-state index contributed by atoms with van der Waals surface area (Å²) in [6.45, 7) is 6.40. The number of aryl methyl sites for hydroxylation is 1. The zero-order chi connectivity index (χ0) is 10.6. The molecule has 0 spiro atoms. The highest BCUT2D eigenvalue weighted by Crippen LogP contribution is 1.97. The summed E-state index contributed by atoms with van der Waals surface area (Å²) in [4.78, 5) is 8.27. The molecule has 0 saturated heterocycles. The molecule has 5 heteroatoms. The minimum Gasteiger partial charge on any atom is -0.387 e. The minimum absolute atomic E-state index is 0.294. The molecule has 0 aromatic carbocycles. The SMILES string of the molecule is Cc1nc(CCN=C(N)C(C)C)no1. The number of hydrogen-bond donors (Lipinski definition) is 1. The van der Waals surface area contributed by atoms with E-state index >= 15 is 0 Å². The van der Waals surface area contributed by atoms with Crippen LogP contribution in [0, 0.1) is 12.8 Å². The van der Waals surface area contributed by atoms with Crippen molar-refractivity contribution in [2.75, 3.05) is 6.54 Å². The number of hydrogen-bond acceptors (Lipinski definition) is 4. The molecule has 0 saturated carbocycles. The van der Waals surface area contributed by atoms with Gasteiger partial charge in [-0.1, -0.05) is 19.0 Å². The van der Waals surface area contributed by atoms with Gasteiger partial charge in [0.1, 0.15) is 0 Å². The van der Waals surface area contributed by atoms with Crippen molar-refractivity contribution in [3.05, 3.63) is 11.7 Å². The van der Waals surface area contributed by atoms with Gasteiger partial charge in [-0.25, -0.2) is 0 Å². The van der Waals surface area contributed by atoms with Gasteiger partial charge < -0.3 is 10.3 Å². The van der Waals surface area contributed by atoms with Crippen molar-refractivity contribution >= 4 is 5.84 Å². The van der Waals surface area contributed by atoms with Crippen LogP contribution < -0.4 is 5.73 Å². The number of amidine groups is 1. The summed E-state index contributed by atoms with van der Waals surface area (Å²) in [6, 6.07) is 0. The first kappa shape index (κ1) is 10.7. The molecular formula is C9H16N4O. The van der Waals surface area contributed by atoms with Crippen molar-refractivity contribution in [1.29, 1.82) is 0 Å². The molecule has 5 nitrogen and oxygen atoms in total. The van der Waals surface area contributed by atoms with Crippen LogP contribution in [0.4, 0.5) is 0 Å². The summed E-state index contributed by atoms with van der Waals surface area (Å²) in [5.74, 6) is 2.23. The fourth-order valence-electron chi connectivity index (χ4n) is 0.910. The Balaban J connectivity index is 2.38. The molecule has 1 aromatic rings. The average molecular weight is 196 g/mol. The fourth-order valence-corrected chi connectivity index (χ4v) is 0.910. The maximum atomic E-state index is 5.67. The normalized spacial score (nSPS) is 12.4. The van der Waals surface area contributed by atoms with E-state index in [0.717, 1.165) is 0 Å². The molecular weight excluding hydrogens is 180 g/mol. The van der Waals surface area contributed by atoms with Gasteiger partial charge in [0.25, 0.3) is 0 Å². The van der Waals surface area contributed by atoms with Crippen LogP contribution in [0.15, 0.2) is 9.52 Å². The Morgan fingerprint density at radius 3 is 2.79 bits per heavy atom. The Morgan fingerprint density at radius 1 is 1.57 bits per heavy atom. The third-order valence-electron chi connectivity index (χ3n) is 1.79. The number of nitrogens with two attached hydrogens (primary N) is 1. The van der Waals surface area contributed by atoms with Crippen LogP contribution in [0.2, 0.25) is 0 Å². The quantitative estimate of drug-likeness (QED) is 0.574. The van der Waals surface area contributed by atoms with E-state index in [1.165, 1.54) is 0 Å². The average Bonchev–Trinajstić information content (AvgIpc) is 2.51. The molecule has 78 valence electrons. The van der Waals surface area contributed by atoms with Crippen molar-refractivity contribution in [3.63, 3.8) is 0 Å². The largest absolute Gasteiger partial charge is 0.387 e. The van der Waals surface area contributed by atoms with Crippen LogP contribution in [0.1, 0.15) is 25.6 Å². The lowest BCUT2D eigenvalue weighted by molar-refractivity contribution is 0.387. The van der Waals surface area contributed by atoms with E-state index in [1.54, 1.807) is 6.92 Å². The monoisotopic (exact) mass is 196 g/mol. The first-order chi connectivity index (χ1) is 6.59. The lowest BCUT2D eigenvalue weighted by Gasteiger charge is -2.02. The summed E-state index contributed by atoms with van der Waals surface area (Å²) >= 11 is 0. The molecule has 1 heterocycles. The third kappa shape index (κ3) is 3.16. The van der Waals surface area contributed by atoms with Crippen LogP contribution in [0.5, 0.6) is 0 Å². The minimum atomic E-state index is 0.294. The Morgan fingerprint density at radius 2 is 2.29 bits per heavy atom. The predicted molar refractivity (Wildman–Crippen MR) is 54.1 cm³/mol. The van der Waals surface area contributed by atoms with Gasteiger partial charge in [-0.2, -0.15) is 4.98 Å². The van der Waals surface area contributed by atoms with E-state index in [1.807, 2.05) is 13.8 Å². The lowest BCUT2D eigenvalue weighted by atomic mass is 10.2. The molecule has 0 aliphatic rings. The van der Waals surface area contributed by atoms with Crippen molar-refractivity contribution in [1.82, 2.24) is 10.1 Å². The van der Waals surface area contributed by atoms with Crippen molar-refractivity contribution < 1.29 is 4.52 Å². The van der Waals surface area contributed by atoms with Crippen molar-refractivity contribution in [3.8, 4) is 0 Å². The first-order valence-corrected chi connectivity index (χ1v) is 4.68. The van der Waals surface area contributed by atoms with Gasteiger partial charge in [0.2, 0.25) is 5.89 Å². The summed E-state index contributed by atoms with van der Waals surface area (Å²) in [6.07, 6.45) is 0.671. The van der Waals surface area contributed by atoms with Crippen LogP contribution in [0.3, 0.4) is 0 Å². The lowest BCUT2D eigenvalue weighted by Crippen LogP contribution is -2.19. The topological polar surface area (TPSA) is 77.3 Å². The van der Waals surface area contributed by atoms with E-state index in [9.17, 15) is 0 Å². The molecule has 1 rings (SSSR count). The van der Waals surface area contributed by atoms with Gasteiger partial charge in [-0.15, -0.1) is 0 Å². The Kier molecular flexibility index (Phi) is 3.62. The highest BCUT2D eigenvalue weighted by atomic mass is 16.5. The Hall–Kier alpha value is -1.39. The smallest absolute Gasteiger partial charge is 0.223 e. The molecule has 0 amide bonds. The summed E-state index contributed by atoms with van der Waals surface area (Å²) in [7, 11) is 0. The van der Waals surface area contributed by atoms with E-state index in [0.29, 0.717) is 36.4 Å². The molecule has 0 atom stereocenters. The van der Waals surface area contributed by atoms with Crippen molar-refractivity contribution in [2.45, 2.75) is 27.2 Å². The maximum Gasteiger partial charge on any atom is 0.223 e. The van der Waals surface area contributed by atoms with Gasteiger partial charge >= 0.3 is 0 Å². The standard InChI is InChI=1S/C9H16N4O/c1-6(2)9(10)11-5-4-8-12-7(3)14-13-8/h6H,4-5H2,1-3H3,(H2,10,11). The molecule has 0 fully saturated rings. The van der Waals surface area contributed by atoms with E-state index in [-0.39, 0.29) is 0 Å². The molecule has 0 aliphatic carbocycles. The maximum absolute atomic E-state index is 5.67. The van der Waals surface area contributed by atoms with Crippen LogP contribution in [-0.2, 0) is 6.42 Å². The second kappa shape index (κ2) is 4.74. The van der Waals surface area contributed by atoms with Crippen LogP contribution in [-0.4, -0.2) is 22.5 Å². The molecule has 1 aromatic heterocycles. The summed E-state index contributed by atoms with van der Waals surface area (Å²) < 4.78 is 4.83. The second-order valence-corrected chi connectivity index (χ2v) is 3.44. The molecule has 0 unspecified atom stereocenters. The number of aliphatic imine (C=N–C) groups is 1. The van der Waals surface area contributed by atoms with Gasteiger partial charge in [0, 0.05) is 25.8 Å². The third-order valence-corrected chi connectivity index (χ3v) is 1.79. The highest BCUT2D eigenvalue weighted by Gasteiger charge is 2.02. The van der Waals surface area contributed by atoms with Crippen LogP contribution in [0.25, 0.3) is 0 Å². The molecule has 2 N–H and O–H groups in total. The Labute approximate surface area is 83.4 Å². The summed E-state index contributed by atoms with van der Waals surface area (Å²) in [5.41, 5.74) is 5.67. The summed E-state index contributed by atoms with van der Waals surface area (Å²) in [5, 5.41) is 3.76. The highest BCUT2D eigenvalue weighted by molar-refractivity contribution is 5.82. The van der Waals surface area contributed by atoms with E-state index < -0.39 is 0 Å². The molecule has 0 bridgehead atoms. The van der Waals surface area contributed by atoms with Gasteiger partial charge in [0.15, 0.2) is 5.82 Å². The second-order valence-electron chi connectivity index (χ2n) is 3.44. The zero-order valence-corrected chi connectivity index (χ0v) is 8.82. The van der Waals surface area contributed by atoms with E-state index in [4.69, 9.17) is 10.3 Å². The predicted octanol–water partition coefficient (Wildman–Crippen LogP) is 0.934. The number of nitrogens with zero attached hydrogens (tertiary/aromatic N) is 3. The van der Waals surface area contributed by atoms with Gasteiger partial charge in [0.05, 0.1) is 5.84 Å². The van der Waals surface area contributed by atoms with E-state index in [2.05, 4.69) is 15.1 Å². The molecule has 14 heavy (non-hydrogen) atoms.